The summed E-state index contributed by atoms with van der Waals surface area (Å²) in [6.07, 6.45) is 1.46. The number of hydrogen-bond donors (Lipinski definition) is 0. The maximum Gasteiger partial charge on any atom is 0.320 e. The van der Waals surface area contributed by atoms with Gasteiger partial charge < -0.3 is 0 Å². The molecule has 0 atom stereocenters. The monoisotopic (exact) mass is 268 g/mol. The van der Waals surface area contributed by atoms with Crippen LogP contribution < -0.4 is 11.0 Å². The molecule has 0 fully saturated rings. The summed E-state index contributed by atoms with van der Waals surface area (Å²) in [5.74, 6) is 0. The summed E-state index contributed by atoms with van der Waals surface area (Å²) in [5, 5.41) is 3.47. The van der Waals surface area contributed by atoms with Crippen molar-refractivity contribution < 1.29 is 0 Å². The average molecular weight is 268 g/mol. The minimum Gasteiger partial charge on any atom is -0.281 e. The molecule has 4 nitrogen and oxygen atoms in total. The third-order valence-electron chi connectivity index (χ3n) is 2.67. The lowest BCUT2D eigenvalue weighted by Gasteiger charge is -1.82. The highest BCUT2D eigenvalue weighted by Crippen LogP contribution is 2.18. The zero-order valence-electron chi connectivity index (χ0n) is 9.74. The first kappa shape index (κ1) is 11.7. The second-order valence-corrected chi connectivity index (χ2v) is 4.83. The van der Waals surface area contributed by atoms with E-state index < -0.39 is 11.0 Å². The van der Waals surface area contributed by atoms with E-state index in [1.54, 1.807) is 11.3 Å². The molecule has 0 radical (unpaired) electrons. The molecule has 1 aromatic heterocycles. The van der Waals surface area contributed by atoms with E-state index in [2.05, 4.69) is 45.7 Å². The summed E-state index contributed by atoms with van der Waals surface area (Å²) in [4.78, 5) is 28.4. The van der Waals surface area contributed by atoms with E-state index in [1.165, 1.54) is 22.3 Å². The first-order valence-electron chi connectivity index (χ1n) is 5.60. The number of fused-ring (bicyclic) bond motifs is 2. The third-order valence-corrected chi connectivity index (χ3v) is 3.57. The van der Waals surface area contributed by atoms with Crippen molar-refractivity contribution in [2.24, 2.45) is 0 Å². The van der Waals surface area contributed by atoms with Crippen molar-refractivity contribution in [3.05, 3.63) is 68.6 Å². The first-order valence-corrected chi connectivity index (χ1v) is 6.48. The largest absolute Gasteiger partial charge is 0.320 e. The number of hydrogen-bond acceptors (Lipinski definition) is 5. The molecule has 0 amide bonds. The van der Waals surface area contributed by atoms with Gasteiger partial charge in [-0.15, -0.1) is 11.3 Å². The fourth-order valence-electron chi connectivity index (χ4n) is 1.76. The standard InChI is InChI=1S/C8H6S.C6H2N2O2/c1-2-4-8-7(3-1)5-6-9-8;9-5-4-3(1-2-7-4)8-6(5)10/h1-6H;1-2H. The Morgan fingerprint density at radius 3 is 2.63 bits per heavy atom. The molecule has 2 aromatic rings. The number of nitrogens with zero attached hydrogens (tertiary/aromatic N) is 2. The van der Waals surface area contributed by atoms with Gasteiger partial charge in [-0.25, -0.2) is 4.98 Å². The Labute approximate surface area is 112 Å². The van der Waals surface area contributed by atoms with Crippen LogP contribution in [0.3, 0.4) is 0 Å². The molecular formula is C14H8N2O2S. The molecule has 0 spiro atoms. The van der Waals surface area contributed by atoms with Gasteiger partial charge in [-0.2, -0.15) is 0 Å². The van der Waals surface area contributed by atoms with Crippen LogP contribution in [0.2, 0.25) is 0 Å². The molecule has 19 heavy (non-hydrogen) atoms. The maximum atomic E-state index is 10.8. The van der Waals surface area contributed by atoms with Crippen molar-refractivity contribution in [3.8, 4) is 11.4 Å². The minimum absolute atomic E-state index is 0.185. The van der Waals surface area contributed by atoms with E-state index in [9.17, 15) is 9.59 Å². The van der Waals surface area contributed by atoms with Gasteiger partial charge in [-0.1, -0.05) is 18.2 Å². The molecule has 0 saturated carbocycles. The smallest absolute Gasteiger partial charge is 0.281 e. The molecule has 0 unspecified atom stereocenters. The lowest BCUT2D eigenvalue weighted by atomic mass is 10.3. The van der Waals surface area contributed by atoms with Crippen LogP contribution in [0.15, 0.2) is 57.6 Å². The molecule has 5 heteroatoms. The van der Waals surface area contributed by atoms with Crippen molar-refractivity contribution in [1.82, 2.24) is 9.97 Å². The van der Waals surface area contributed by atoms with Crippen molar-refractivity contribution >= 4 is 21.4 Å². The van der Waals surface area contributed by atoms with E-state index in [1.807, 2.05) is 0 Å². The Balaban J connectivity index is 0.000000117. The van der Waals surface area contributed by atoms with Crippen LogP contribution in [0.25, 0.3) is 21.5 Å². The van der Waals surface area contributed by atoms with Crippen LogP contribution in [0.5, 0.6) is 0 Å². The van der Waals surface area contributed by atoms with Crippen molar-refractivity contribution in [1.29, 1.82) is 0 Å². The molecule has 4 rings (SSSR count). The fourth-order valence-corrected chi connectivity index (χ4v) is 2.55. The van der Waals surface area contributed by atoms with E-state index >= 15 is 0 Å². The van der Waals surface area contributed by atoms with Crippen molar-refractivity contribution in [2.75, 3.05) is 0 Å². The summed E-state index contributed by atoms with van der Waals surface area (Å²) >= 11 is 1.79. The van der Waals surface area contributed by atoms with Gasteiger partial charge in [0.25, 0.3) is 5.43 Å². The van der Waals surface area contributed by atoms with Crippen molar-refractivity contribution in [2.45, 2.75) is 0 Å². The van der Waals surface area contributed by atoms with Gasteiger partial charge in [0.1, 0.15) is 5.69 Å². The third kappa shape index (κ3) is 2.15. The Kier molecular flexibility index (Phi) is 2.89. The van der Waals surface area contributed by atoms with Crippen LogP contribution in [-0.4, -0.2) is 9.97 Å². The highest BCUT2D eigenvalue weighted by molar-refractivity contribution is 7.17. The summed E-state index contributed by atoms with van der Waals surface area (Å²) < 4.78 is 1.37. The summed E-state index contributed by atoms with van der Waals surface area (Å²) in [5.41, 5.74) is -0.724. The fraction of sp³-hybridized carbons (Fsp3) is 0. The molecule has 92 valence electrons. The first-order chi connectivity index (χ1) is 9.25. The summed E-state index contributed by atoms with van der Waals surface area (Å²) in [6.45, 7) is 0. The SMILES string of the molecule is O=c1nc2ccnc-2c1=O.c1ccc2sccc2c1. The predicted octanol–water partition coefficient (Wildman–Crippen LogP) is 2.08. The highest BCUT2D eigenvalue weighted by atomic mass is 32.1. The molecule has 0 aliphatic carbocycles. The zero-order chi connectivity index (χ0) is 13.2. The van der Waals surface area contributed by atoms with E-state index in [4.69, 9.17) is 0 Å². The van der Waals surface area contributed by atoms with Gasteiger partial charge in [-0.05, 0) is 29.0 Å². The van der Waals surface area contributed by atoms with Crippen LogP contribution in [0, 0.1) is 0 Å². The molecule has 0 N–H and O–H groups in total. The van der Waals surface area contributed by atoms with Crippen LogP contribution >= 0.6 is 11.3 Å². The second kappa shape index (κ2) is 4.70. The minimum atomic E-state index is -0.710. The Morgan fingerprint density at radius 1 is 1.00 bits per heavy atom. The Morgan fingerprint density at radius 2 is 1.84 bits per heavy atom. The van der Waals surface area contributed by atoms with Gasteiger partial charge >= 0.3 is 5.56 Å². The molecular weight excluding hydrogens is 260 g/mol. The average Bonchev–Trinajstić information content (AvgIpc) is 3.10. The van der Waals surface area contributed by atoms with Crippen LogP contribution in [0.1, 0.15) is 0 Å². The zero-order valence-corrected chi connectivity index (χ0v) is 10.6. The van der Waals surface area contributed by atoms with Crippen molar-refractivity contribution in [3.63, 3.8) is 0 Å². The maximum absolute atomic E-state index is 10.8. The van der Waals surface area contributed by atoms with Gasteiger partial charge in [0.15, 0.2) is 0 Å². The number of thiophene rings is 1. The summed E-state index contributed by atoms with van der Waals surface area (Å²) in [7, 11) is 0. The molecule has 3 heterocycles. The highest BCUT2D eigenvalue weighted by Gasteiger charge is 2.14. The lowest BCUT2D eigenvalue weighted by molar-refractivity contribution is 1.30. The Bertz CT molecular complexity index is 844. The quantitative estimate of drug-likeness (QED) is 0.458. The lowest BCUT2D eigenvalue weighted by Crippen LogP contribution is -2.19. The second-order valence-electron chi connectivity index (χ2n) is 3.88. The van der Waals surface area contributed by atoms with Gasteiger partial charge in [-0.3, -0.25) is 14.6 Å². The predicted molar refractivity (Wildman–Crippen MR) is 75.4 cm³/mol. The number of aromatic nitrogens is 2. The number of benzene rings is 1. The molecule has 0 saturated heterocycles. The van der Waals surface area contributed by atoms with E-state index in [0.29, 0.717) is 5.69 Å². The van der Waals surface area contributed by atoms with Gasteiger partial charge in [0.05, 0.1) is 5.69 Å². The van der Waals surface area contributed by atoms with E-state index in [-0.39, 0.29) is 5.69 Å². The molecule has 0 bridgehead atoms. The normalized spacial score (nSPS) is 10.5. The van der Waals surface area contributed by atoms with Crippen LogP contribution in [0.4, 0.5) is 0 Å². The molecule has 2 aliphatic heterocycles. The van der Waals surface area contributed by atoms with Gasteiger partial charge in [0, 0.05) is 10.9 Å². The van der Waals surface area contributed by atoms with Crippen LogP contribution in [-0.2, 0) is 0 Å². The molecule has 2 aliphatic rings. The topological polar surface area (TPSA) is 59.9 Å². The summed E-state index contributed by atoms with van der Waals surface area (Å²) in [6, 6.07) is 12.1. The Hall–Kier alpha value is -2.40. The molecule has 1 aromatic carbocycles. The van der Waals surface area contributed by atoms with E-state index in [0.717, 1.165) is 0 Å². The number of rotatable bonds is 0. The van der Waals surface area contributed by atoms with Gasteiger partial charge in [0.2, 0.25) is 0 Å².